The van der Waals surface area contributed by atoms with Crippen molar-refractivity contribution in [1.29, 1.82) is 0 Å². The topological polar surface area (TPSA) is 49.3 Å². The number of benzene rings is 1. The first-order chi connectivity index (χ1) is 8.89. The highest BCUT2D eigenvalue weighted by Gasteiger charge is 2.20. The molecule has 0 saturated heterocycles. The van der Waals surface area contributed by atoms with Gasteiger partial charge in [0.15, 0.2) is 0 Å². The second-order valence-corrected chi connectivity index (χ2v) is 5.20. The molecule has 0 atom stereocenters. The number of nitrogens with one attached hydrogen (secondary N) is 1. The van der Waals surface area contributed by atoms with Crippen LogP contribution in [0.1, 0.15) is 48.7 Å². The fourth-order valence-electron chi connectivity index (χ4n) is 1.55. The highest BCUT2D eigenvalue weighted by atomic mass is 16.2. The molecule has 0 saturated carbocycles. The minimum absolute atomic E-state index is 0.127. The summed E-state index contributed by atoms with van der Waals surface area (Å²) >= 11 is 0. The molecule has 3 nitrogen and oxygen atoms in total. The van der Waals surface area contributed by atoms with Gasteiger partial charge in [0.1, 0.15) is 6.61 Å². The van der Waals surface area contributed by atoms with Crippen LogP contribution in [0.5, 0.6) is 0 Å². The first-order valence-corrected chi connectivity index (χ1v) is 6.42. The molecular formula is C16H21NO2. The van der Waals surface area contributed by atoms with Gasteiger partial charge in [-0.25, -0.2) is 0 Å². The molecule has 102 valence electrons. The van der Waals surface area contributed by atoms with E-state index in [0.29, 0.717) is 11.1 Å². The van der Waals surface area contributed by atoms with Crippen molar-refractivity contribution in [2.45, 2.75) is 39.7 Å². The molecule has 1 rings (SSSR count). The van der Waals surface area contributed by atoms with Crippen LogP contribution >= 0.6 is 0 Å². The number of carbonyl (C=O) groups excluding carboxylic acids is 1. The number of amides is 1. The van der Waals surface area contributed by atoms with E-state index in [1.54, 1.807) is 0 Å². The third kappa shape index (κ3) is 4.42. The van der Waals surface area contributed by atoms with Crippen LogP contribution in [0.4, 0.5) is 0 Å². The zero-order valence-corrected chi connectivity index (χ0v) is 12.0. The summed E-state index contributed by atoms with van der Waals surface area (Å²) in [5.41, 5.74) is 1.96. The molecule has 0 aliphatic heterocycles. The fraction of sp³-hybridized carbons (Fsp3) is 0.438. The third-order valence-corrected chi connectivity index (χ3v) is 3.06. The van der Waals surface area contributed by atoms with Crippen LogP contribution in [0.3, 0.4) is 0 Å². The Morgan fingerprint density at radius 3 is 2.68 bits per heavy atom. The Labute approximate surface area is 115 Å². The normalized spacial score (nSPS) is 10.6. The van der Waals surface area contributed by atoms with E-state index in [-0.39, 0.29) is 18.1 Å². The number of hydrogen-bond acceptors (Lipinski definition) is 2. The summed E-state index contributed by atoms with van der Waals surface area (Å²) in [6.07, 6.45) is 0.849. The summed E-state index contributed by atoms with van der Waals surface area (Å²) < 4.78 is 0. The SMILES string of the molecule is CCC(C)(C)NC(=O)c1cc(C)ccc1C#CCO. The van der Waals surface area contributed by atoms with Crippen LogP contribution < -0.4 is 5.32 Å². The predicted octanol–water partition coefficient (Wildman–Crippen LogP) is 2.26. The monoisotopic (exact) mass is 259 g/mol. The minimum Gasteiger partial charge on any atom is -0.384 e. The van der Waals surface area contributed by atoms with Crippen LogP contribution in [0.15, 0.2) is 18.2 Å². The first-order valence-electron chi connectivity index (χ1n) is 6.42. The van der Waals surface area contributed by atoms with Gasteiger partial charge in [0.2, 0.25) is 0 Å². The van der Waals surface area contributed by atoms with Gasteiger partial charge >= 0.3 is 0 Å². The molecule has 0 unspecified atom stereocenters. The van der Waals surface area contributed by atoms with E-state index >= 15 is 0 Å². The van der Waals surface area contributed by atoms with Crippen molar-refractivity contribution in [2.75, 3.05) is 6.61 Å². The Kier molecular flexibility index (Phi) is 5.14. The van der Waals surface area contributed by atoms with Crippen LogP contribution in [-0.2, 0) is 0 Å². The summed E-state index contributed by atoms with van der Waals surface area (Å²) in [5, 5.41) is 11.8. The molecule has 0 radical (unpaired) electrons. The van der Waals surface area contributed by atoms with Crippen LogP contribution in [0, 0.1) is 18.8 Å². The van der Waals surface area contributed by atoms with Crippen LogP contribution in [0.2, 0.25) is 0 Å². The minimum atomic E-state index is -0.248. The third-order valence-electron chi connectivity index (χ3n) is 3.06. The number of rotatable bonds is 3. The number of hydrogen-bond donors (Lipinski definition) is 2. The Balaban J connectivity index is 3.10. The van der Waals surface area contributed by atoms with Crippen molar-refractivity contribution in [1.82, 2.24) is 5.32 Å². The van der Waals surface area contributed by atoms with E-state index < -0.39 is 0 Å². The molecule has 0 aromatic heterocycles. The summed E-state index contributed by atoms with van der Waals surface area (Å²) in [4.78, 5) is 12.3. The maximum absolute atomic E-state index is 12.3. The summed E-state index contributed by atoms with van der Waals surface area (Å²) in [6.45, 7) is 7.73. The van der Waals surface area contributed by atoms with Gasteiger partial charge in [0.05, 0.1) is 5.56 Å². The lowest BCUT2D eigenvalue weighted by atomic mass is 9.99. The zero-order valence-electron chi connectivity index (χ0n) is 12.0. The van der Waals surface area contributed by atoms with Gasteiger partial charge in [0, 0.05) is 11.1 Å². The van der Waals surface area contributed by atoms with Crippen molar-refractivity contribution in [2.24, 2.45) is 0 Å². The maximum atomic E-state index is 12.3. The second kappa shape index (κ2) is 6.40. The van der Waals surface area contributed by atoms with Gasteiger partial charge in [-0.1, -0.05) is 30.4 Å². The lowest BCUT2D eigenvalue weighted by molar-refractivity contribution is 0.0911. The molecule has 0 aliphatic carbocycles. The maximum Gasteiger partial charge on any atom is 0.252 e. The molecule has 0 fully saturated rings. The molecule has 1 aromatic carbocycles. The van der Waals surface area contributed by atoms with E-state index in [4.69, 9.17) is 5.11 Å². The molecule has 3 heteroatoms. The fourth-order valence-corrected chi connectivity index (χ4v) is 1.55. The smallest absolute Gasteiger partial charge is 0.252 e. The number of aryl methyl sites for hydroxylation is 1. The summed E-state index contributed by atoms with van der Waals surface area (Å²) in [7, 11) is 0. The average molecular weight is 259 g/mol. The Hall–Kier alpha value is -1.79. The van der Waals surface area contributed by atoms with Gasteiger partial charge in [0.25, 0.3) is 5.91 Å². The first kappa shape index (κ1) is 15.3. The predicted molar refractivity (Wildman–Crippen MR) is 77.0 cm³/mol. The van der Waals surface area contributed by atoms with E-state index in [1.807, 2.05) is 45.9 Å². The van der Waals surface area contributed by atoms with E-state index in [9.17, 15) is 4.79 Å². The van der Waals surface area contributed by atoms with Gasteiger partial charge in [-0.3, -0.25) is 4.79 Å². The molecule has 19 heavy (non-hydrogen) atoms. The van der Waals surface area contributed by atoms with Gasteiger partial charge in [-0.05, 0) is 39.3 Å². The highest BCUT2D eigenvalue weighted by molar-refractivity contribution is 5.97. The molecular weight excluding hydrogens is 238 g/mol. The molecule has 0 aliphatic rings. The summed E-state index contributed by atoms with van der Waals surface area (Å²) in [5.74, 6) is 5.27. The molecule has 0 heterocycles. The second-order valence-electron chi connectivity index (χ2n) is 5.20. The Morgan fingerprint density at radius 1 is 1.42 bits per heavy atom. The highest BCUT2D eigenvalue weighted by Crippen LogP contribution is 2.14. The van der Waals surface area contributed by atoms with E-state index in [0.717, 1.165) is 12.0 Å². The Morgan fingerprint density at radius 2 is 2.11 bits per heavy atom. The lowest BCUT2D eigenvalue weighted by Crippen LogP contribution is -2.43. The van der Waals surface area contributed by atoms with Gasteiger partial charge < -0.3 is 10.4 Å². The zero-order chi connectivity index (χ0) is 14.5. The number of aliphatic hydroxyl groups excluding tert-OH is 1. The van der Waals surface area contributed by atoms with Gasteiger partial charge in [-0.2, -0.15) is 0 Å². The molecule has 1 amide bonds. The molecule has 0 spiro atoms. The van der Waals surface area contributed by atoms with E-state index in [1.165, 1.54) is 0 Å². The lowest BCUT2D eigenvalue weighted by Gasteiger charge is -2.24. The van der Waals surface area contributed by atoms with Crippen molar-refractivity contribution in [3.05, 3.63) is 34.9 Å². The largest absolute Gasteiger partial charge is 0.384 e. The summed E-state index contributed by atoms with van der Waals surface area (Å²) in [6, 6.07) is 5.54. The average Bonchev–Trinajstić information content (AvgIpc) is 2.36. The standard InChI is InChI=1S/C16H21NO2/c1-5-16(3,4)17-15(19)14-11-12(2)8-9-13(14)7-6-10-18/h8-9,11,18H,5,10H2,1-4H3,(H,17,19). The molecule has 1 aromatic rings. The number of carbonyl (C=O) groups is 1. The van der Waals surface area contributed by atoms with Crippen molar-refractivity contribution in [3.8, 4) is 11.8 Å². The Bertz CT molecular complexity index is 521. The molecule has 0 bridgehead atoms. The number of aliphatic hydroxyl groups is 1. The van der Waals surface area contributed by atoms with Crippen molar-refractivity contribution >= 4 is 5.91 Å². The molecule has 2 N–H and O–H groups in total. The quantitative estimate of drug-likeness (QED) is 0.818. The van der Waals surface area contributed by atoms with E-state index in [2.05, 4.69) is 17.2 Å². The van der Waals surface area contributed by atoms with Gasteiger partial charge in [-0.15, -0.1) is 0 Å². The van der Waals surface area contributed by atoms with Crippen molar-refractivity contribution < 1.29 is 9.90 Å². The van der Waals surface area contributed by atoms with Crippen LogP contribution in [-0.4, -0.2) is 23.2 Å². The van der Waals surface area contributed by atoms with Crippen molar-refractivity contribution in [3.63, 3.8) is 0 Å². The van der Waals surface area contributed by atoms with Crippen LogP contribution in [0.25, 0.3) is 0 Å².